The van der Waals surface area contributed by atoms with Gasteiger partial charge in [-0.15, -0.1) is 0 Å². The summed E-state index contributed by atoms with van der Waals surface area (Å²) in [5.41, 5.74) is 2.75. The van der Waals surface area contributed by atoms with Crippen molar-refractivity contribution in [3.8, 4) is 9.85 Å². The number of amides is 1. The van der Waals surface area contributed by atoms with Crippen molar-refractivity contribution >= 4 is 28.7 Å². The number of halogens is 1. The molecule has 0 aliphatic rings. The first-order chi connectivity index (χ1) is 8.24. The molecular weight excluding hydrogens is 331 g/mol. The molecule has 17 heavy (non-hydrogen) atoms. The summed E-state index contributed by atoms with van der Waals surface area (Å²) in [5.74, 6) is 2.67. The number of carbonyl (C=O) groups is 1. The molecule has 0 spiro atoms. The molecule has 0 radical (unpaired) electrons. The van der Waals surface area contributed by atoms with Gasteiger partial charge in [-0.25, -0.2) is 9.80 Å². The summed E-state index contributed by atoms with van der Waals surface area (Å²) in [6.45, 7) is 6.13. The highest BCUT2D eigenvalue weighted by atomic mass is 127. The van der Waals surface area contributed by atoms with Gasteiger partial charge in [-0.2, -0.15) is 0 Å². The third-order valence-electron chi connectivity index (χ3n) is 2.15. The van der Waals surface area contributed by atoms with E-state index in [2.05, 4.69) is 29.1 Å². The molecule has 0 rings (SSSR count). The fourth-order valence-electron chi connectivity index (χ4n) is 1.21. The predicted molar refractivity (Wildman–Crippen MR) is 77.7 cm³/mol. The van der Waals surface area contributed by atoms with E-state index in [1.807, 2.05) is 27.6 Å². The first-order valence-electron chi connectivity index (χ1n) is 6.01. The van der Waals surface area contributed by atoms with E-state index in [0.717, 1.165) is 38.8 Å². The molecule has 0 atom stereocenters. The largest absolute Gasteiger partial charge is 0.435 e. The molecule has 0 saturated heterocycles. The molecule has 0 aromatic rings. The monoisotopic (exact) mass is 352 g/mol. The molecular formula is C12H21IN2O2. The van der Waals surface area contributed by atoms with Gasteiger partial charge in [0.1, 0.15) is 0 Å². The molecule has 0 heterocycles. The Morgan fingerprint density at radius 2 is 1.88 bits per heavy atom. The Kier molecular flexibility index (Phi) is 11.7. The third kappa shape index (κ3) is 10.4. The highest BCUT2D eigenvalue weighted by molar-refractivity contribution is 14.1. The Bertz CT molecular complexity index is 253. The number of unbranched alkanes of at least 4 members (excludes halogenated alkanes) is 2. The Labute approximate surface area is 118 Å². The van der Waals surface area contributed by atoms with Crippen molar-refractivity contribution in [3.63, 3.8) is 0 Å². The Balaban J connectivity index is 3.91. The van der Waals surface area contributed by atoms with E-state index in [-0.39, 0.29) is 6.61 Å². The van der Waals surface area contributed by atoms with Crippen molar-refractivity contribution in [3.05, 3.63) is 0 Å². The van der Waals surface area contributed by atoms with E-state index in [4.69, 9.17) is 4.74 Å². The maximum atomic E-state index is 11.4. The maximum absolute atomic E-state index is 11.4. The van der Waals surface area contributed by atoms with Crippen molar-refractivity contribution in [2.24, 2.45) is 0 Å². The van der Waals surface area contributed by atoms with E-state index in [9.17, 15) is 4.79 Å². The predicted octanol–water partition coefficient (Wildman–Crippen LogP) is 2.93. The van der Waals surface area contributed by atoms with E-state index in [1.54, 1.807) is 0 Å². The maximum Gasteiger partial charge on any atom is 0.422 e. The molecule has 5 heteroatoms. The molecule has 0 aromatic carbocycles. The van der Waals surface area contributed by atoms with Gasteiger partial charge >= 0.3 is 6.09 Å². The van der Waals surface area contributed by atoms with Crippen LogP contribution in [0.3, 0.4) is 0 Å². The Hall–Kier alpha value is -0.480. The molecule has 0 aliphatic carbocycles. The molecule has 1 N–H and O–H groups in total. The minimum Gasteiger partial charge on any atom is -0.435 e. The number of carbonyl (C=O) groups excluding carboxylic acids is 1. The van der Waals surface area contributed by atoms with E-state index >= 15 is 0 Å². The zero-order chi connectivity index (χ0) is 12.9. The normalized spacial score (nSPS) is 9.65. The topological polar surface area (TPSA) is 41.6 Å². The van der Waals surface area contributed by atoms with Gasteiger partial charge in [0.15, 0.2) is 6.61 Å². The molecule has 0 saturated carbocycles. The highest BCUT2D eigenvalue weighted by Gasteiger charge is 2.08. The minimum absolute atomic E-state index is 0.143. The summed E-state index contributed by atoms with van der Waals surface area (Å²) >= 11 is 1.91. The standard InChI is InChI=1S/C12H21IN2O2/c1-3-5-9-15(10-6-4-2)14-12(16)17-11-7-8-13/h3-6,9-11H2,1-2H3,(H,14,16). The van der Waals surface area contributed by atoms with Crippen LogP contribution in [-0.4, -0.2) is 30.8 Å². The SMILES string of the molecule is CCCCN(CCCC)NC(=O)OCC#CI. The summed E-state index contributed by atoms with van der Waals surface area (Å²) in [6.07, 6.45) is 3.94. The molecule has 1 amide bonds. The quantitative estimate of drug-likeness (QED) is 0.415. The van der Waals surface area contributed by atoms with Gasteiger partial charge in [0.25, 0.3) is 0 Å². The number of hydrogen-bond donors (Lipinski definition) is 1. The molecule has 98 valence electrons. The number of hydrazine groups is 1. The first-order valence-corrected chi connectivity index (χ1v) is 7.09. The first kappa shape index (κ1) is 16.5. The number of hydrogen-bond acceptors (Lipinski definition) is 3. The summed E-state index contributed by atoms with van der Waals surface area (Å²) in [5, 5.41) is 1.92. The number of nitrogens with one attached hydrogen (secondary N) is 1. The lowest BCUT2D eigenvalue weighted by Crippen LogP contribution is -2.43. The minimum atomic E-state index is -0.420. The van der Waals surface area contributed by atoms with Crippen LogP contribution < -0.4 is 5.43 Å². The van der Waals surface area contributed by atoms with Gasteiger partial charge in [0.05, 0.1) is 0 Å². The molecule has 0 aromatic heterocycles. The lowest BCUT2D eigenvalue weighted by molar-refractivity contribution is 0.113. The summed E-state index contributed by atoms with van der Waals surface area (Å²) in [7, 11) is 0. The van der Waals surface area contributed by atoms with Crippen molar-refractivity contribution in [2.75, 3.05) is 19.7 Å². The van der Waals surface area contributed by atoms with Crippen LogP contribution in [0.5, 0.6) is 0 Å². The van der Waals surface area contributed by atoms with Crippen molar-refractivity contribution in [1.29, 1.82) is 0 Å². The second kappa shape index (κ2) is 12.0. The fraction of sp³-hybridized carbons (Fsp3) is 0.750. The zero-order valence-corrected chi connectivity index (χ0v) is 12.7. The number of rotatable bonds is 8. The van der Waals surface area contributed by atoms with Crippen LogP contribution in [0.25, 0.3) is 0 Å². The van der Waals surface area contributed by atoms with Gasteiger partial charge in [0.2, 0.25) is 0 Å². The van der Waals surface area contributed by atoms with Crippen LogP contribution in [0.1, 0.15) is 39.5 Å². The lowest BCUT2D eigenvalue weighted by Gasteiger charge is -2.22. The van der Waals surface area contributed by atoms with Gasteiger partial charge in [-0.1, -0.05) is 32.6 Å². The van der Waals surface area contributed by atoms with Crippen LogP contribution in [0, 0.1) is 9.85 Å². The molecule has 0 bridgehead atoms. The van der Waals surface area contributed by atoms with Crippen molar-refractivity contribution < 1.29 is 9.53 Å². The number of ether oxygens (including phenoxy) is 1. The molecule has 0 fully saturated rings. The van der Waals surface area contributed by atoms with Gasteiger partial charge < -0.3 is 4.74 Å². The van der Waals surface area contributed by atoms with Gasteiger partial charge in [0, 0.05) is 35.7 Å². The second-order valence-electron chi connectivity index (χ2n) is 3.65. The zero-order valence-electron chi connectivity index (χ0n) is 10.6. The highest BCUT2D eigenvalue weighted by Crippen LogP contribution is 1.96. The van der Waals surface area contributed by atoms with E-state index < -0.39 is 6.09 Å². The van der Waals surface area contributed by atoms with Crippen LogP contribution >= 0.6 is 22.6 Å². The van der Waals surface area contributed by atoms with E-state index in [1.165, 1.54) is 0 Å². The van der Waals surface area contributed by atoms with Gasteiger partial charge in [-0.05, 0) is 16.8 Å². The Morgan fingerprint density at radius 1 is 1.29 bits per heavy atom. The lowest BCUT2D eigenvalue weighted by atomic mass is 10.3. The molecule has 0 aliphatic heterocycles. The van der Waals surface area contributed by atoms with Crippen LogP contribution in [0.2, 0.25) is 0 Å². The summed E-state index contributed by atoms with van der Waals surface area (Å²) in [4.78, 5) is 11.4. The average molecular weight is 352 g/mol. The molecule has 0 unspecified atom stereocenters. The third-order valence-corrected chi connectivity index (χ3v) is 2.54. The molecule has 4 nitrogen and oxygen atoms in total. The second-order valence-corrected chi connectivity index (χ2v) is 4.19. The number of nitrogens with zero attached hydrogens (tertiary/aromatic N) is 1. The summed E-state index contributed by atoms with van der Waals surface area (Å²) < 4.78 is 7.55. The van der Waals surface area contributed by atoms with Crippen molar-refractivity contribution in [2.45, 2.75) is 39.5 Å². The Morgan fingerprint density at radius 3 is 2.35 bits per heavy atom. The van der Waals surface area contributed by atoms with Crippen LogP contribution in [0.4, 0.5) is 4.79 Å². The van der Waals surface area contributed by atoms with Crippen LogP contribution in [-0.2, 0) is 4.74 Å². The summed E-state index contributed by atoms with van der Waals surface area (Å²) in [6, 6.07) is 0. The van der Waals surface area contributed by atoms with Crippen molar-refractivity contribution in [1.82, 2.24) is 10.4 Å². The average Bonchev–Trinajstić information content (AvgIpc) is 2.33. The fourth-order valence-corrected chi connectivity index (χ4v) is 1.37. The van der Waals surface area contributed by atoms with Crippen LogP contribution in [0.15, 0.2) is 0 Å². The smallest absolute Gasteiger partial charge is 0.422 e. The van der Waals surface area contributed by atoms with Gasteiger partial charge in [-0.3, -0.25) is 5.43 Å². The van der Waals surface area contributed by atoms with E-state index in [0.29, 0.717) is 0 Å².